The third kappa shape index (κ3) is 2.90. The molecule has 2 N–H and O–H groups in total. The number of nitrogen functional groups attached to an aromatic ring is 1. The first kappa shape index (κ1) is 14.8. The van der Waals surface area contributed by atoms with Crippen molar-refractivity contribution in [1.29, 1.82) is 0 Å². The summed E-state index contributed by atoms with van der Waals surface area (Å²) in [6.45, 7) is 1.94. The number of rotatable bonds is 4. The molecule has 3 rings (SSSR count). The average Bonchev–Trinajstić information content (AvgIpc) is 3.06. The number of benzene rings is 1. The molecule has 0 aliphatic carbocycles. The van der Waals surface area contributed by atoms with Crippen LogP contribution in [0.2, 0.25) is 5.02 Å². The van der Waals surface area contributed by atoms with Gasteiger partial charge in [-0.2, -0.15) is 4.98 Å². The van der Waals surface area contributed by atoms with Crippen LogP contribution < -0.4 is 10.5 Å². The smallest absolute Gasteiger partial charge is 0.264 e. The summed E-state index contributed by atoms with van der Waals surface area (Å²) in [5.74, 6) is 1.05. The molecule has 22 heavy (non-hydrogen) atoms. The van der Waals surface area contributed by atoms with E-state index in [9.17, 15) is 0 Å². The van der Waals surface area contributed by atoms with Crippen LogP contribution in [0.1, 0.15) is 11.5 Å². The maximum Gasteiger partial charge on any atom is 0.264 e. The van der Waals surface area contributed by atoms with Crippen LogP contribution in [0, 0.1) is 6.92 Å². The van der Waals surface area contributed by atoms with Crippen molar-refractivity contribution in [3.8, 4) is 17.3 Å². The first-order valence-electron chi connectivity index (χ1n) is 6.04. The maximum absolute atomic E-state index is 6.14. The lowest BCUT2D eigenvalue weighted by molar-refractivity contribution is 0.242. The van der Waals surface area contributed by atoms with Gasteiger partial charge in [0, 0.05) is 4.47 Å². The van der Waals surface area contributed by atoms with Crippen molar-refractivity contribution < 1.29 is 13.9 Å². The molecule has 0 bridgehead atoms. The van der Waals surface area contributed by atoms with Gasteiger partial charge in [0.05, 0.1) is 5.02 Å². The zero-order chi connectivity index (χ0) is 15.7. The van der Waals surface area contributed by atoms with Crippen molar-refractivity contribution in [2.45, 2.75) is 13.5 Å². The minimum Gasteiger partial charge on any atom is -0.482 e. The van der Waals surface area contributed by atoms with Crippen LogP contribution in [0.15, 0.2) is 25.8 Å². The largest absolute Gasteiger partial charge is 0.482 e. The minimum absolute atomic E-state index is 0.0559. The van der Waals surface area contributed by atoms with Gasteiger partial charge in [0.2, 0.25) is 5.82 Å². The highest BCUT2D eigenvalue weighted by molar-refractivity contribution is 9.10. The lowest BCUT2D eigenvalue weighted by Gasteiger charge is -2.09. The van der Waals surface area contributed by atoms with Crippen LogP contribution in [-0.2, 0) is 6.61 Å². The molecule has 10 heteroatoms. The van der Waals surface area contributed by atoms with E-state index < -0.39 is 0 Å². The molecule has 0 radical (unpaired) electrons. The monoisotopic (exact) mass is 385 g/mol. The highest BCUT2D eigenvalue weighted by atomic mass is 79.9. The molecule has 0 aliphatic rings. The summed E-state index contributed by atoms with van der Waals surface area (Å²) < 4.78 is 16.0. The predicted octanol–water partition coefficient (Wildman–Crippen LogP) is 3.01. The van der Waals surface area contributed by atoms with Gasteiger partial charge in [-0.05, 0) is 34.9 Å². The quantitative estimate of drug-likeness (QED) is 0.728. The van der Waals surface area contributed by atoms with Gasteiger partial charge in [0.15, 0.2) is 18.1 Å². The van der Waals surface area contributed by atoms with Gasteiger partial charge < -0.3 is 15.0 Å². The van der Waals surface area contributed by atoms with Crippen LogP contribution in [0.3, 0.4) is 0 Å². The molecule has 1 aromatic carbocycles. The maximum atomic E-state index is 6.14. The fourth-order valence-electron chi connectivity index (χ4n) is 1.77. The predicted molar refractivity (Wildman–Crippen MR) is 80.2 cm³/mol. The fourth-order valence-corrected chi connectivity index (χ4v) is 2.79. The summed E-state index contributed by atoms with van der Waals surface area (Å²) in [5, 5.41) is 11.3. The molecular weight excluding hydrogens is 378 g/mol. The molecular formula is C12H9BrClN5O3. The Kier molecular flexibility index (Phi) is 3.99. The second-order valence-electron chi connectivity index (χ2n) is 4.33. The molecule has 2 heterocycles. The highest BCUT2D eigenvalue weighted by Gasteiger charge is 2.17. The Morgan fingerprint density at radius 2 is 2.14 bits per heavy atom. The topological polar surface area (TPSA) is 113 Å². The van der Waals surface area contributed by atoms with E-state index in [1.54, 1.807) is 6.07 Å². The molecule has 0 saturated heterocycles. The molecule has 0 unspecified atom stereocenters. The second-order valence-corrected chi connectivity index (χ2v) is 5.65. The van der Waals surface area contributed by atoms with E-state index in [2.05, 4.69) is 41.0 Å². The summed E-state index contributed by atoms with van der Waals surface area (Å²) in [4.78, 5) is 4.11. The first-order valence-corrected chi connectivity index (χ1v) is 7.21. The number of nitrogens with zero attached hydrogens (tertiary/aromatic N) is 4. The zero-order valence-corrected chi connectivity index (χ0v) is 13.6. The van der Waals surface area contributed by atoms with Gasteiger partial charge in [0.1, 0.15) is 5.75 Å². The van der Waals surface area contributed by atoms with Gasteiger partial charge in [-0.3, -0.25) is 0 Å². The number of hydrogen-bond acceptors (Lipinski definition) is 8. The van der Waals surface area contributed by atoms with Crippen LogP contribution in [0.4, 0.5) is 5.82 Å². The van der Waals surface area contributed by atoms with Gasteiger partial charge >= 0.3 is 0 Å². The van der Waals surface area contributed by atoms with Crippen LogP contribution in [0.25, 0.3) is 11.5 Å². The summed E-state index contributed by atoms with van der Waals surface area (Å²) in [7, 11) is 0. The van der Waals surface area contributed by atoms with Crippen molar-refractivity contribution in [2.75, 3.05) is 5.73 Å². The Morgan fingerprint density at radius 3 is 2.82 bits per heavy atom. The van der Waals surface area contributed by atoms with Gasteiger partial charge in [-0.25, -0.2) is 4.63 Å². The summed E-state index contributed by atoms with van der Waals surface area (Å²) in [5.41, 5.74) is 6.65. The Bertz CT molecular complexity index is 796. The summed E-state index contributed by atoms with van der Waals surface area (Å²) in [6.07, 6.45) is 0. The van der Waals surface area contributed by atoms with Gasteiger partial charge in [0.25, 0.3) is 5.89 Å². The average molecular weight is 387 g/mol. The van der Waals surface area contributed by atoms with E-state index in [-0.39, 0.29) is 29.8 Å². The van der Waals surface area contributed by atoms with E-state index in [0.29, 0.717) is 10.8 Å². The number of aromatic nitrogens is 4. The Morgan fingerprint density at radius 1 is 1.32 bits per heavy atom. The van der Waals surface area contributed by atoms with Crippen molar-refractivity contribution in [2.24, 2.45) is 0 Å². The number of halogens is 2. The Labute approximate surface area is 137 Å². The zero-order valence-electron chi connectivity index (χ0n) is 11.2. The van der Waals surface area contributed by atoms with Crippen LogP contribution in [0.5, 0.6) is 5.75 Å². The van der Waals surface area contributed by atoms with E-state index >= 15 is 0 Å². The molecule has 8 nitrogen and oxygen atoms in total. The van der Waals surface area contributed by atoms with E-state index in [1.807, 2.05) is 13.0 Å². The highest BCUT2D eigenvalue weighted by Crippen LogP contribution is 2.32. The lowest BCUT2D eigenvalue weighted by atomic mass is 10.2. The number of hydrogen-bond donors (Lipinski definition) is 1. The summed E-state index contributed by atoms with van der Waals surface area (Å²) >= 11 is 9.50. The van der Waals surface area contributed by atoms with Crippen molar-refractivity contribution in [3.05, 3.63) is 33.1 Å². The molecule has 3 aromatic rings. The van der Waals surface area contributed by atoms with Gasteiger partial charge in [-0.1, -0.05) is 32.7 Å². The molecule has 0 spiro atoms. The summed E-state index contributed by atoms with van der Waals surface area (Å²) in [6, 6.07) is 3.63. The number of aryl methyl sites for hydroxylation is 1. The fraction of sp³-hybridized carbons (Fsp3) is 0.167. The molecule has 114 valence electrons. The van der Waals surface area contributed by atoms with Gasteiger partial charge in [-0.15, -0.1) is 0 Å². The molecule has 2 aromatic heterocycles. The molecule has 0 fully saturated rings. The van der Waals surface area contributed by atoms with E-state index in [0.717, 1.165) is 10.0 Å². The molecule has 0 atom stereocenters. The third-order valence-electron chi connectivity index (χ3n) is 2.73. The van der Waals surface area contributed by atoms with Crippen LogP contribution in [-0.4, -0.2) is 20.5 Å². The Balaban J connectivity index is 1.76. The van der Waals surface area contributed by atoms with Crippen molar-refractivity contribution >= 4 is 33.3 Å². The molecule has 0 aliphatic heterocycles. The Hall–Kier alpha value is -2.13. The third-order valence-corrected chi connectivity index (χ3v) is 3.47. The van der Waals surface area contributed by atoms with Crippen molar-refractivity contribution in [3.63, 3.8) is 0 Å². The lowest BCUT2D eigenvalue weighted by Crippen LogP contribution is -1.98. The van der Waals surface area contributed by atoms with Crippen LogP contribution >= 0.6 is 27.5 Å². The molecule has 0 amide bonds. The molecule has 0 saturated carbocycles. The normalized spacial score (nSPS) is 10.9. The minimum atomic E-state index is 0.0559. The number of nitrogens with two attached hydrogens (primary N) is 1. The van der Waals surface area contributed by atoms with E-state index in [1.165, 1.54) is 0 Å². The SMILES string of the molecule is Cc1cc(Br)cc(Cl)c1OCc1nc(-c2nonc2N)no1. The van der Waals surface area contributed by atoms with Crippen molar-refractivity contribution in [1.82, 2.24) is 20.5 Å². The second kappa shape index (κ2) is 5.93. The van der Waals surface area contributed by atoms with E-state index in [4.69, 9.17) is 26.6 Å². The standard InChI is InChI=1S/C12H9BrClN5O3/c1-5-2-6(13)3-7(14)10(5)20-4-8-16-12(19-21-8)9-11(15)18-22-17-9/h2-3H,4H2,1H3,(H2,15,18). The number of anilines is 1. The first-order chi connectivity index (χ1) is 10.5. The number of ether oxygens (including phenoxy) is 1.